The van der Waals surface area contributed by atoms with Gasteiger partial charge in [-0.2, -0.15) is 0 Å². The summed E-state index contributed by atoms with van der Waals surface area (Å²) in [7, 11) is 0. The van der Waals surface area contributed by atoms with Crippen molar-refractivity contribution in [3.63, 3.8) is 0 Å². The Kier molecular flexibility index (Phi) is 1.43. The van der Waals surface area contributed by atoms with E-state index < -0.39 is 0 Å². The van der Waals surface area contributed by atoms with Crippen molar-refractivity contribution in [2.75, 3.05) is 0 Å². The number of hydrogen-bond donors (Lipinski definition) is 0. The van der Waals surface area contributed by atoms with Gasteiger partial charge < -0.3 is 0 Å². The summed E-state index contributed by atoms with van der Waals surface area (Å²) < 4.78 is 0. The molecule has 33 valence electrons. The highest BCUT2D eigenvalue weighted by Crippen LogP contribution is 2.13. The zero-order valence-corrected chi connectivity index (χ0v) is 3.98. The molecule has 0 nitrogen and oxygen atoms in total. The summed E-state index contributed by atoms with van der Waals surface area (Å²) in [5.74, 6) is 0. The van der Waals surface area contributed by atoms with Crippen molar-refractivity contribution in [2.45, 2.75) is 25.7 Å². The monoisotopic (exact) mass is 82.1 g/mol. The van der Waals surface area contributed by atoms with Crippen LogP contribution in [0.15, 0.2) is 0 Å². The Morgan fingerprint density at radius 1 is 1.17 bits per heavy atom. The van der Waals surface area contributed by atoms with Gasteiger partial charge in [0.1, 0.15) is 0 Å². The maximum absolute atomic E-state index is 2.36. The molecule has 1 saturated carbocycles. The predicted molar refractivity (Wildman–Crippen MR) is 27.1 cm³/mol. The lowest BCUT2D eigenvalue weighted by Crippen LogP contribution is -1.88. The van der Waals surface area contributed by atoms with Crippen molar-refractivity contribution in [3.8, 4) is 0 Å². The molecule has 0 atom stereocenters. The van der Waals surface area contributed by atoms with Crippen molar-refractivity contribution in [1.29, 1.82) is 0 Å². The second-order valence-corrected chi connectivity index (χ2v) is 1.73. The Bertz CT molecular complexity index is 15.5. The molecule has 1 rings (SSSR count). The highest BCUT2D eigenvalue weighted by atomic mass is 14.0. The molecule has 6 heavy (non-hydrogen) atoms. The van der Waals surface area contributed by atoms with Crippen LogP contribution in [0.4, 0.5) is 0 Å². The first-order valence-corrected chi connectivity index (χ1v) is 2.63. The molecular formula is C6H10+. The minimum Gasteiger partial charge on any atom is -0.0302 e. The van der Waals surface area contributed by atoms with Crippen LogP contribution >= 0.6 is 0 Å². The first-order chi connectivity index (χ1) is 3.00. The molecule has 1 aliphatic carbocycles. The van der Waals surface area contributed by atoms with Crippen molar-refractivity contribution in [3.05, 3.63) is 12.8 Å². The lowest BCUT2D eigenvalue weighted by molar-refractivity contribution is 0.714. The smallest absolute Gasteiger partial charge is 0.0302 e. The summed E-state index contributed by atoms with van der Waals surface area (Å²) in [5, 5.41) is 0. The van der Waals surface area contributed by atoms with E-state index >= 15 is 0 Å². The first-order valence-electron chi connectivity index (χ1n) is 2.63. The Hall–Kier alpha value is -0.130. The van der Waals surface area contributed by atoms with E-state index in [1.165, 1.54) is 25.7 Å². The highest BCUT2D eigenvalue weighted by Gasteiger charge is 2.04. The molecule has 0 aliphatic heterocycles. The molecule has 0 amide bonds. The molecule has 0 aromatic rings. The van der Waals surface area contributed by atoms with Crippen LogP contribution in [-0.2, 0) is 0 Å². The Labute approximate surface area is 39.6 Å². The summed E-state index contributed by atoms with van der Waals surface area (Å²) in [5.41, 5.74) is 0. The predicted octanol–water partition coefficient (Wildman–Crippen LogP) is 1.97. The van der Waals surface area contributed by atoms with Gasteiger partial charge in [-0.1, -0.05) is 0 Å². The molecule has 1 fully saturated rings. The summed E-state index contributed by atoms with van der Waals surface area (Å²) in [6.07, 6.45) is 10.0. The van der Waals surface area contributed by atoms with Gasteiger partial charge in [0.25, 0.3) is 0 Å². The molecule has 1 radical (unpaired) electrons. The minimum absolute atomic E-state index is 1.32. The quantitative estimate of drug-likeness (QED) is 0.392. The molecule has 0 unspecified atom stereocenters. The maximum Gasteiger partial charge on any atom is 0.0878 e. The molecule has 0 N–H and O–H groups in total. The van der Waals surface area contributed by atoms with Gasteiger partial charge in [0.15, 0.2) is 0 Å². The van der Waals surface area contributed by atoms with E-state index in [-0.39, 0.29) is 0 Å². The third-order valence-electron chi connectivity index (χ3n) is 1.15. The minimum atomic E-state index is 1.32. The third kappa shape index (κ3) is 0.925. The van der Waals surface area contributed by atoms with E-state index in [4.69, 9.17) is 0 Å². The topological polar surface area (TPSA) is 0 Å². The van der Waals surface area contributed by atoms with E-state index in [0.29, 0.717) is 0 Å². The van der Waals surface area contributed by atoms with E-state index in [9.17, 15) is 0 Å². The Morgan fingerprint density at radius 2 is 1.83 bits per heavy atom. The van der Waals surface area contributed by atoms with Crippen LogP contribution in [0.3, 0.4) is 0 Å². The molecule has 0 saturated heterocycles. The average molecular weight is 82.1 g/mol. The van der Waals surface area contributed by atoms with E-state index in [1.807, 2.05) is 0 Å². The lowest BCUT2D eigenvalue weighted by Gasteiger charge is -1.97. The van der Waals surface area contributed by atoms with E-state index in [1.54, 1.807) is 0 Å². The Balaban J connectivity index is 2.00. The summed E-state index contributed by atoms with van der Waals surface area (Å²) in [6, 6.07) is 0. The number of rotatable bonds is 0. The fourth-order valence-corrected chi connectivity index (χ4v) is 0.760. The van der Waals surface area contributed by atoms with Gasteiger partial charge in [0.2, 0.25) is 0 Å². The van der Waals surface area contributed by atoms with Gasteiger partial charge >= 0.3 is 0 Å². The van der Waals surface area contributed by atoms with Crippen molar-refractivity contribution < 1.29 is 0 Å². The number of hydrogen-bond acceptors (Lipinski definition) is 0. The standard InChI is InChI=1S/C6H10/c1-2-4-6-5-3-1/h1,6H,2-5H2/q+1. The first kappa shape index (κ1) is 4.04. The van der Waals surface area contributed by atoms with Gasteiger partial charge in [0.05, 0.1) is 19.3 Å². The van der Waals surface area contributed by atoms with Gasteiger partial charge in [0, 0.05) is 0 Å². The summed E-state index contributed by atoms with van der Waals surface area (Å²) in [6.45, 7) is 0. The van der Waals surface area contributed by atoms with Crippen LogP contribution in [-0.4, -0.2) is 0 Å². The SMILES string of the molecule is [CH]1CC[CH+]CC1. The zero-order chi connectivity index (χ0) is 4.24. The molecule has 0 aromatic carbocycles. The van der Waals surface area contributed by atoms with Crippen LogP contribution in [0.25, 0.3) is 0 Å². The van der Waals surface area contributed by atoms with Crippen molar-refractivity contribution in [1.82, 2.24) is 0 Å². The molecule has 1 aliphatic rings. The van der Waals surface area contributed by atoms with E-state index in [0.717, 1.165) is 0 Å². The highest BCUT2D eigenvalue weighted by molar-refractivity contribution is 4.80. The van der Waals surface area contributed by atoms with E-state index in [2.05, 4.69) is 12.8 Å². The van der Waals surface area contributed by atoms with Gasteiger partial charge in [-0.05, 0) is 19.3 Å². The largest absolute Gasteiger partial charge is 0.0878 e. The van der Waals surface area contributed by atoms with Gasteiger partial charge in [-0.3, -0.25) is 0 Å². The maximum atomic E-state index is 2.36. The molecule has 0 spiro atoms. The van der Waals surface area contributed by atoms with Crippen LogP contribution in [0.1, 0.15) is 25.7 Å². The fraction of sp³-hybridized carbons (Fsp3) is 0.667. The second-order valence-electron chi connectivity index (χ2n) is 1.73. The van der Waals surface area contributed by atoms with Crippen LogP contribution < -0.4 is 0 Å². The average Bonchev–Trinajstić information content (AvgIpc) is 1.72. The second kappa shape index (κ2) is 2.12. The molecular weight excluding hydrogens is 72.1 g/mol. The molecule has 0 aromatic heterocycles. The normalized spacial score (nSPS) is 22.7. The van der Waals surface area contributed by atoms with Crippen molar-refractivity contribution >= 4 is 0 Å². The summed E-state index contributed by atoms with van der Waals surface area (Å²) >= 11 is 0. The van der Waals surface area contributed by atoms with Crippen LogP contribution in [0.5, 0.6) is 0 Å². The molecule has 0 heterocycles. The fourth-order valence-electron chi connectivity index (χ4n) is 0.760. The van der Waals surface area contributed by atoms with Gasteiger partial charge in [-0.25, -0.2) is 0 Å². The zero-order valence-electron chi connectivity index (χ0n) is 3.98. The van der Waals surface area contributed by atoms with Crippen molar-refractivity contribution in [2.24, 2.45) is 0 Å². The van der Waals surface area contributed by atoms with Gasteiger partial charge in [-0.15, -0.1) is 0 Å². The lowest BCUT2D eigenvalue weighted by atomic mass is 10.0. The summed E-state index contributed by atoms with van der Waals surface area (Å²) in [4.78, 5) is 0. The molecule has 0 bridgehead atoms. The van der Waals surface area contributed by atoms with Crippen LogP contribution in [0, 0.1) is 12.8 Å². The van der Waals surface area contributed by atoms with Crippen LogP contribution in [0.2, 0.25) is 0 Å². The molecule has 0 heteroatoms. The Morgan fingerprint density at radius 3 is 2.00 bits per heavy atom. The third-order valence-corrected chi connectivity index (χ3v) is 1.15.